The number of hydrogen-bond donors (Lipinski definition) is 2. The largest absolute Gasteiger partial charge is 0.475 e. The summed E-state index contributed by atoms with van der Waals surface area (Å²) in [4.78, 5) is 4.15. The third-order valence-corrected chi connectivity index (χ3v) is 2.11. The first-order valence-electron chi connectivity index (χ1n) is 5.21. The Hall–Kier alpha value is -1.13. The van der Waals surface area contributed by atoms with E-state index in [9.17, 15) is 0 Å². The maximum atomic E-state index is 8.58. The van der Waals surface area contributed by atoms with E-state index in [0.29, 0.717) is 11.9 Å². The van der Waals surface area contributed by atoms with Gasteiger partial charge in [-0.05, 0) is 19.0 Å². The fourth-order valence-corrected chi connectivity index (χ4v) is 1.31. The predicted octanol–water partition coefficient (Wildman–Crippen LogP) is 1.12. The van der Waals surface area contributed by atoms with Crippen LogP contribution in [0, 0.1) is 0 Å². The van der Waals surface area contributed by atoms with Gasteiger partial charge in [0.2, 0.25) is 5.88 Å². The number of pyridine rings is 1. The number of rotatable bonds is 6. The maximum absolute atomic E-state index is 8.58. The number of nitrogens with one attached hydrogen (secondary N) is 1. The highest BCUT2D eigenvalue weighted by Crippen LogP contribution is 2.14. The number of aliphatic hydroxyl groups is 1. The molecule has 0 aliphatic heterocycles. The van der Waals surface area contributed by atoms with Gasteiger partial charge in [0.15, 0.2) is 0 Å². The second kappa shape index (κ2) is 6.37. The molecule has 1 aromatic heterocycles. The predicted molar refractivity (Wildman–Crippen MR) is 58.9 cm³/mol. The molecule has 0 saturated carbocycles. The molecule has 0 amide bonds. The van der Waals surface area contributed by atoms with Crippen LogP contribution < -0.4 is 10.1 Å². The zero-order valence-electron chi connectivity index (χ0n) is 9.23. The zero-order valence-corrected chi connectivity index (χ0v) is 9.23. The first-order valence-corrected chi connectivity index (χ1v) is 5.21. The molecule has 0 radical (unpaired) electrons. The molecule has 1 aromatic rings. The summed E-state index contributed by atoms with van der Waals surface area (Å²) in [5.74, 6) is 0.552. The van der Waals surface area contributed by atoms with Gasteiger partial charge in [0.25, 0.3) is 0 Å². The molecular formula is C11H18N2O2. The summed E-state index contributed by atoms with van der Waals surface area (Å²) in [5, 5.41) is 11.9. The lowest BCUT2D eigenvalue weighted by Crippen LogP contribution is -2.17. The first kappa shape index (κ1) is 11.9. The molecule has 2 N–H and O–H groups in total. The van der Waals surface area contributed by atoms with Crippen molar-refractivity contribution in [3.63, 3.8) is 0 Å². The molecule has 0 aliphatic carbocycles. The normalized spacial score (nSPS) is 12.5. The fourth-order valence-electron chi connectivity index (χ4n) is 1.31. The van der Waals surface area contributed by atoms with Gasteiger partial charge >= 0.3 is 0 Å². The Morgan fingerprint density at radius 2 is 2.33 bits per heavy atom. The van der Waals surface area contributed by atoms with E-state index in [1.54, 1.807) is 6.20 Å². The molecule has 1 rings (SSSR count). The van der Waals surface area contributed by atoms with Crippen LogP contribution in [0.3, 0.4) is 0 Å². The summed E-state index contributed by atoms with van der Waals surface area (Å²) >= 11 is 0. The number of ether oxygens (including phenoxy) is 1. The summed E-state index contributed by atoms with van der Waals surface area (Å²) in [7, 11) is 0. The third kappa shape index (κ3) is 3.85. The fraction of sp³-hybridized carbons (Fsp3) is 0.545. The molecule has 1 atom stereocenters. The lowest BCUT2D eigenvalue weighted by molar-refractivity contribution is 0.196. The van der Waals surface area contributed by atoms with E-state index in [-0.39, 0.29) is 13.2 Å². The molecule has 84 valence electrons. The molecule has 1 unspecified atom stereocenters. The van der Waals surface area contributed by atoms with E-state index in [0.717, 1.165) is 12.1 Å². The van der Waals surface area contributed by atoms with Crippen molar-refractivity contribution < 1.29 is 9.84 Å². The zero-order chi connectivity index (χ0) is 11.1. The third-order valence-electron chi connectivity index (χ3n) is 2.11. The summed E-state index contributed by atoms with van der Waals surface area (Å²) < 4.78 is 5.17. The van der Waals surface area contributed by atoms with Crippen LogP contribution in [0.25, 0.3) is 0 Å². The van der Waals surface area contributed by atoms with E-state index in [2.05, 4.69) is 24.1 Å². The van der Waals surface area contributed by atoms with Gasteiger partial charge in [-0.2, -0.15) is 0 Å². The summed E-state index contributed by atoms with van der Waals surface area (Å²) in [6.45, 7) is 5.40. The van der Waals surface area contributed by atoms with Crippen LogP contribution in [-0.4, -0.2) is 29.8 Å². The number of aromatic nitrogens is 1. The van der Waals surface area contributed by atoms with Crippen LogP contribution in [0.2, 0.25) is 0 Å². The lowest BCUT2D eigenvalue weighted by Gasteiger charge is -2.12. The second-order valence-corrected chi connectivity index (χ2v) is 3.28. The Morgan fingerprint density at radius 1 is 1.53 bits per heavy atom. The Bertz CT molecular complexity index is 274. The average molecular weight is 210 g/mol. The number of aliphatic hydroxyl groups excluding tert-OH is 1. The van der Waals surface area contributed by atoms with Crippen molar-refractivity contribution in [1.29, 1.82) is 0 Å². The first-order chi connectivity index (χ1) is 7.27. The van der Waals surface area contributed by atoms with E-state index in [1.165, 1.54) is 0 Å². The van der Waals surface area contributed by atoms with Crippen molar-refractivity contribution >= 4 is 0 Å². The van der Waals surface area contributed by atoms with Crippen molar-refractivity contribution in [2.45, 2.75) is 19.9 Å². The standard InChI is InChI=1S/C11H18N2O2/c1-3-12-9(2)10-4-5-11(13-8-10)15-7-6-14/h4-5,8-9,12,14H,3,6-7H2,1-2H3. The molecule has 15 heavy (non-hydrogen) atoms. The van der Waals surface area contributed by atoms with Crippen molar-refractivity contribution in [3.8, 4) is 5.88 Å². The molecule has 0 spiro atoms. The molecule has 4 nitrogen and oxygen atoms in total. The van der Waals surface area contributed by atoms with Crippen LogP contribution in [-0.2, 0) is 0 Å². The number of hydrogen-bond acceptors (Lipinski definition) is 4. The Labute approximate surface area is 90.3 Å². The average Bonchev–Trinajstić information content (AvgIpc) is 2.27. The monoisotopic (exact) mass is 210 g/mol. The quantitative estimate of drug-likeness (QED) is 0.739. The van der Waals surface area contributed by atoms with Crippen molar-refractivity contribution in [1.82, 2.24) is 10.3 Å². The molecular weight excluding hydrogens is 192 g/mol. The summed E-state index contributed by atoms with van der Waals surface area (Å²) in [6, 6.07) is 4.10. The van der Waals surface area contributed by atoms with Gasteiger partial charge in [-0.1, -0.05) is 13.0 Å². The van der Waals surface area contributed by atoms with Gasteiger partial charge in [0, 0.05) is 18.3 Å². The van der Waals surface area contributed by atoms with Crippen LogP contribution in [0.5, 0.6) is 5.88 Å². The lowest BCUT2D eigenvalue weighted by atomic mass is 10.1. The number of nitrogens with zero attached hydrogens (tertiary/aromatic N) is 1. The van der Waals surface area contributed by atoms with E-state index in [4.69, 9.17) is 9.84 Å². The highest BCUT2D eigenvalue weighted by atomic mass is 16.5. The van der Waals surface area contributed by atoms with Crippen molar-refractivity contribution in [2.24, 2.45) is 0 Å². The van der Waals surface area contributed by atoms with Gasteiger partial charge in [-0.15, -0.1) is 0 Å². The van der Waals surface area contributed by atoms with Crippen LogP contribution >= 0.6 is 0 Å². The summed E-state index contributed by atoms with van der Waals surface area (Å²) in [6.07, 6.45) is 1.79. The molecule has 0 fully saturated rings. The van der Waals surface area contributed by atoms with Gasteiger partial charge < -0.3 is 15.2 Å². The molecule has 1 heterocycles. The van der Waals surface area contributed by atoms with Crippen molar-refractivity contribution in [2.75, 3.05) is 19.8 Å². The Balaban J connectivity index is 2.55. The second-order valence-electron chi connectivity index (χ2n) is 3.28. The SMILES string of the molecule is CCNC(C)c1ccc(OCCO)nc1. The minimum atomic E-state index is 0.0111. The maximum Gasteiger partial charge on any atom is 0.213 e. The molecule has 0 aromatic carbocycles. The highest BCUT2D eigenvalue weighted by Gasteiger charge is 2.03. The smallest absolute Gasteiger partial charge is 0.213 e. The Morgan fingerprint density at radius 3 is 2.87 bits per heavy atom. The van der Waals surface area contributed by atoms with Gasteiger partial charge in [0.1, 0.15) is 6.61 Å². The molecule has 0 bridgehead atoms. The highest BCUT2D eigenvalue weighted by molar-refractivity contribution is 5.20. The van der Waals surface area contributed by atoms with Crippen molar-refractivity contribution in [3.05, 3.63) is 23.9 Å². The topological polar surface area (TPSA) is 54.4 Å². The summed E-state index contributed by atoms with van der Waals surface area (Å²) in [5.41, 5.74) is 1.13. The van der Waals surface area contributed by atoms with Crippen LogP contribution in [0.4, 0.5) is 0 Å². The minimum absolute atomic E-state index is 0.0111. The minimum Gasteiger partial charge on any atom is -0.475 e. The van der Waals surface area contributed by atoms with Crippen LogP contribution in [0.15, 0.2) is 18.3 Å². The van der Waals surface area contributed by atoms with Gasteiger partial charge in [-0.3, -0.25) is 0 Å². The van der Waals surface area contributed by atoms with Gasteiger partial charge in [-0.25, -0.2) is 4.98 Å². The van der Waals surface area contributed by atoms with Gasteiger partial charge in [0.05, 0.1) is 6.61 Å². The molecule has 0 aliphatic rings. The molecule has 4 heteroatoms. The van der Waals surface area contributed by atoms with E-state index in [1.807, 2.05) is 12.1 Å². The Kier molecular flexibility index (Phi) is 5.07. The molecule has 0 saturated heterocycles. The van der Waals surface area contributed by atoms with E-state index >= 15 is 0 Å². The van der Waals surface area contributed by atoms with Crippen LogP contribution in [0.1, 0.15) is 25.5 Å². The van der Waals surface area contributed by atoms with E-state index < -0.39 is 0 Å².